The molecule has 0 fully saturated rings. The number of benzene rings is 4. The van der Waals surface area contributed by atoms with Gasteiger partial charge in [0.15, 0.2) is 11.0 Å². The Morgan fingerprint density at radius 2 is 1.29 bits per heavy atom. The molecule has 0 aliphatic carbocycles. The van der Waals surface area contributed by atoms with Crippen LogP contribution in [-0.4, -0.2) is 4.57 Å². The molecular formula is C29H27N2+. The van der Waals surface area contributed by atoms with Gasteiger partial charge in [-0.1, -0.05) is 66.2 Å². The summed E-state index contributed by atoms with van der Waals surface area (Å²) in [6.45, 7) is 6.52. The standard InChI is InChI=1S/C29H27N2/c1-20-10-12-22(3)26(18-20)29-30(4)27-17-11-21(2)19-28(27)31(29)25-15-13-24(14-16-25)23-8-6-5-7-9-23/h5-19H,1-4H3/q+1. The summed E-state index contributed by atoms with van der Waals surface area (Å²) in [6, 6.07) is 32.9. The van der Waals surface area contributed by atoms with Crippen molar-refractivity contribution >= 4 is 11.0 Å². The Labute approximate surface area is 184 Å². The van der Waals surface area contributed by atoms with Crippen LogP contribution in [0.3, 0.4) is 0 Å². The molecule has 1 aromatic heterocycles. The lowest BCUT2D eigenvalue weighted by Crippen LogP contribution is -2.30. The highest BCUT2D eigenvalue weighted by Crippen LogP contribution is 2.31. The minimum Gasteiger partial charge on any atom is -0.225 e. The van der Waals surface area contributed by atoms with Gasteiger partial charge >= 0.3 is 0 Å². The van der Waals surface area contributed by atoms with E-state index < -0.39 is 0 Å². The Kier molecular flexibility index (Phi) is 4.71. The summed E-state index contributed by atoms with van der Waals surface area (Å²) in [4.78, 5) is 0. The Balaban J connectivity index is 1.78. The summed E-state index contributed by atoms with van der Waals surface area (Å²) in [5.41, 5.74) is 11.2. The fourth-order valence-electron chi connectivity index (χ4n) is 4.45. The van der Waals surface area contributed by atoms with E-state index >= 15 is 0 Å². The summed E-state index contributed by atoms with van der Waals surface area (Å²) < 4.78 is 4.72. The molecule has 0 spiro atoms. The van der Waals surface area contributed by atoms with Crippen LogP contribution in [0, 0.1) is 20.8 Å². The van der Waals surface area contributed by atoms with Crippen LogP contribution >= 0.6 is 0 Å². The molecule has 0 unspecified atom stereocenters. The first-order chi connectivity index (χ1) is 15.0. The average Bonchev–Trinajstić information content (AvgIpc) is 3.07. The minimum absolute atomic E-state index is 1.17. The maximum Gasteiger partial charge on any atom is 0.295 e. The van der Waals surface area contributed by atoms with Crippen molar-refractivity contribution in [1.29, 1.82) is 0 Å². The second-order valence-corrected chi connectivity index (χ2v) is 8.44. The first kappa shape index (κ1) is 19.3. The monoisotopic (exact) mass is 403 g/mol. The lowest BCUT2D eigenvalue weighted by molar-refractivity contribution is -0.633. The van der Waals surface area contributed by atoms with Crippen molar-refractivity contribution in [3.05, 3.63) is 108 Å². The molecule has 0 amide bonds. The third-order valence-corrected chi connectivity index (χ3v) is 6.13. The van der Waals surface area contributed by atoms with Gasteiger partial charge in [0.2, 0.25) is 0 Å². The molecule has 5 aromatic rings. The number of nitrogens with zero attached hydrogens (tertiary/aromatic N) is 2. The second-order valence-electron chi connectivity index (χ2n) is 8.44. The zero-order chi connectivity index (χ0) is 21.5. The van der Waals surface area contributed by atoms with Crippen LogP contribution in [-0.2, 0) is 7.05 Å². The molecule has 0 aliphatic rings. The number of rotatable bonds is 3. The van der Waals surface area contributed by atoms with E-state index in [1.165, 1.54) is 55.9 Å². The lowest BCUT2D eigenvalue weighted by Gasteiger charge is -2.08. The van der Waals surface area contributed by atoms with E-state index in [4.69, 9.17) is 0 Å². The zero-order valence-corrected chi connectivity index (χ0v) is 18.6. The molecule has 4 aromatic carbocycles. The predicted octanol–water partition coefficient (Wildman–Crippen LogP) is 6.71. The van der Waals surface area contributed by atoms with Gasteiger partial charge in [-0.25, -0.2) is 4.57 Å². The number of hydrogen-bond donors (Lipinski definition) is 0. The van der Waals surface area contributed by atoms with Crippen molar-refractivity contribution in [2.24, 2.45) is 7.05 Å². The lowest BCUT2D eigenvalue weighted by atomic mass is 10.0. The molecule has 0 bridgehead atoms. The molecule has 0 aliphatic heterocycles. The van der Waals surface area contributed by atoms with Gasteiger partial charge in [0, 0.05) is 0 Å². The summed E-state index contributed by atoms with van der Waals surface area (Å²) in [7, 11) is 2.17. The van der Waals surface area contributed by atoms with Crippen LogP contribution in [0.2, 0.25) is 0 Å². The largest absolute Gasteiger partial charge is 0.295 e. The van der Waals surface area contributed by atoms with Crippen molar-refractivity contribution in [1.82, 2.24) is 4.57 Å². The van der Waals surface area contributed by atoms with Crippen LogP contribution < -0.4 is 4.57 Å². The SMILES string of the molecule is Cc1ccc(C)c(-c2n(-c3ccc(-c4ccccc4)cc3)c3cc(C)ccc3[n+]2C)c1. The Morgan fingerprint density at radius 1 is 0.645 bits per heavy atom. The van der Waals surface area contributed by atoms with Gasteiger partial charge in [0.05, 0.1) is 12.6 Å². The van der Waals surface area contributed by atoms with Crippen LogP contribution in [0.5, 0.6) is 0 Å². The van der Waals surface area contributed by atoms with Crippen molar-refractivity contribution < 1.29 is 4.57 Å². The number of hydrogen-bond acceptors (Lipinski definition) is 0. The van der Waals surface area contributed by atoms with Crippen molar-refractivity contribution in [3.8, 4) is 28.2 Å². The Bertz CT molecular complexity index is 1390. The van der Waals surface area contributed by atoms with Crippen LogP contribution in [0.1, 0.15) is 16.7 Å². The maximum absolute atomic E-state index is 2.40. The minimum atomic E-state index is 1.17. The van der Waals surface area contributed by atoms with E-state index in [1.54, 1.807) is 0 Å². The molecule has 2 nitrogen and oxygen atoms in total. The average molecular weight is 404 g/mol. The van der Waals surface area contributed by atoms with Gasteiger partial charge in [-0.05, 0) is 73.4 Å². The summed E-state index contributed by atoms with van der Waals surface area (Å²) in [5, 5.41) is 0. The van der Waals surface area contributed by atoms with Gasteiger partial charge in [-0.3, -0.25) is 0 Å². The molecule has 31 heavy (non-hydrogen) atoms. The molecule has 0 saturated heterocycles. The molecule has 5 rings (SSSR count). The first-order valence-corrected chi connectivity index (χ1v) is 10.8. The summed E-state index contributed by atoms with van der Waals surface area (Å²) >= 11 is 0. The molecule has 152 valence electrons. The highest BCUT2D eigenvalue weighted by atomic mass is 15.2. The van der Waals surface area contributed by atoms with E-state index in [0.717, 1.165) is 0 Å². The van der Waals surface area contributed by atoms with Crippen LogP contribution in [0.15, 0.2) is 91.0 Å². The van der Waals surface area contributed by atoms with E-state index in [9.17, 15) is 0 Å². The third-order valence-electron chi connectivity index (χ3n) is 6.13. The smallest absolute Gasteiger partial charge is 0.225 e. The highest BCUT2D eigenvalue weighted by Gasteiger charge is 2.27. The van der Waals surface area contributed by atoms with Crippen LogP contribution in [0.4, 0.5) is 0 Å². The van der Waals surface area contributed by atoms with E-state index in [-0.39, 0.29) is 0 Å². The van der Waals surface area contributed by atoms with Crippen LogP contribution in [0.25, 0.3) is 39.2 Å². The number of imidazole rings is 1. The zero-order valence-electron chi connectivity index (χ0n) is 18.6. The summed E-state index contributed by atoms with van der Waals surface area (Å²) in [6.07, 6.45) is 0. The van der Waals surface area contributed by atoms with E-state index in [0.29, 0.717) is 0 Å². The Morgan fingerprint density at radius 3 is 2.03 bits per heavy atom. The number of aromatic nitrogens is 2. The van der Waals surface area contributed by atoms with Crippen molar-refractivity contribution in [2.45, 2.75) is 20.8 Å². The maximum atomic E-state index is 2.40. The van der Waals surface area contributed by atoms with E-state index in [2.05, 4.69) is 128 Å². The Hall–Kier alpha value is -3.65. The predicted molar refractivity (Wildman–Crippen MR) is 130 cm³/mol. The molecule has 2 heteroatoms. The fraction of sp³-hybridized carbons (Fsp3) is 0.138. The van der Waals surface area contributed by atoms with Gasteiger partial charge < -0.3 is 0 Å². The van der Waals surface area contributed by atoms with Gasteiger partial charge in [0.25, 0.3) is 5.82 Å². The van der Waals surface area contributed by atoms with Crippen molar-refractivity contribution in [3.63, 3.8) is 0 Å². The van der Waals surface area contributed by atoms with Gasteiger partial charge in [-0.15, -0.1) is 0 Å². The normalized spacial score (nSPS) is 11.2. The molecular weight excluding hydrogens is 376 g/mol. The first-order valence-electron chi connectivity index (χ1n) is 10.8. The van der Waals surface area contributed by atoms with Gasteiger partial charge in [0.1, 0.15) is 5.69 Å². The van der Waals surface area contributed by atoms with Gasteiger partial charge in [-0.2, -0.15) is 4.57 Å². The number of aryl methyl sites for hydroxylation is 4. The van der Waals surface area contributed by atoms with E-state index in [1.807, 2.05) is 0 Å². The second kappa shape index (κ2) is 7.55. The van der Waals surface area contributed by atoms with Crippen molar-refractivity contribution in [2.75, 3.05) is 0 Å². The summed E-state index contributed by atoms with van der Waals surface area (Å²) in [5.74, 6) is 1.20. The molecule has 0 saturated carbocycles. The molecule has 0 atom stereocenters. The third kappa shape index (κ3) is 3.34. The topological polar surface area (TPSA) is 8.81 Å². The quantitative estimate of drug-likeness (QED) is 0.296. The fourth-order valence-corrected chi connectivity index (χ4v) is 4.45. The highest BCUT2D eigenvalue weighted by molar-refractivity contribution is 5.81. The number of fused-ring (bicyclic) bond motifs is 1. The molecule has 0 radical (unpaired) electrons. The molecule has 1 heterocycles. The molecule has 0 N–H and O–H groups in total.